The van der Waals surface area contributed by atoms with Crippen LogP contribution in [0.4, 0.5) is 0 Å². The van der Waals surface area contributed by atoms with Crippen LogP contribution in [-0.4, -0.2) is 60.9 Å². The summed E-state index contributed by atoms with van der Waals surface area (Å²) in [4.78, 5) is 27.6. The van der Waals surface area contributed by atoms with Crippen LogP contribution in [0.1, 0.15) is 32.1 Å². The molecule has 2 saturated heterocycles. The van der Waals surface area contributed by atoms with Crippen LogP contribution in [0.15, 0.2) is 0 Å². The molecule has 5 nitrogen and oxygen atoms in total. The van der Waals surface area contributed by atoms with Crippen molar-refractivity contribution in [3.05, 3.63) is 0 Å². The van der Waals surface area contributed by atoms with Crippen molar-refractivity contribution in [3.8, 4) is 0 Å². The maximum atomic E-state index is 12.4. The molecule has 0 aromatic rings. The third-order valence-electron chi connectivity index (χ3n) is 4.89. The summed E-state index contributed by atoms with van der Waals surface area (Å²) < 4.78 is 0. The molecule has 120 valence electrons. The lowest BCUT2D eigenvalue weighted by molar-refractivity contribution is -0.136. The summed E-state index contributed by atoms with van der Waals surface area (Å²) in [6.45, 7) is 3.43. The van der Waals surface area contributed by atoms with E-state index in [0.29, 0.717) is 19.0 Å². The first kappa shape index (κ1) is 16.6. The summed E-state index contributed by atoms with van der Waals surface area (Å²) in [5, 5.41) is 3.63. The predicted molar refractivity (Wildman–Crippen MR) is 83.3 cm³/mol. The number of carbonyl (C=O) groups is 2. The van der Waals surface area contributed by atoms with Crippen LogP contribution >= 0.6 is 12.4 Å². The smallest absolute Gasteiger partial charge is 0.227 e. The average molecular weight is 316 g/mol. The molecule has 2 aliphatic heterocycles. The van der Waals surface area contributed by atoms with Gasteiger partial charge in [-0.1, -0.05) is 0 Å². The first-order chi connectivity index (χ1) is 9.63. The van der Waals surface area contributed by atoms with Gasteiger partial charge in [0.15, 0.2) is 0 Å². The van der Waals surface area contributed by atoms with Gasteiger partial charge in [0.05, 0.1) is 5.92 Å². The van der Waals surface area contributed by atoms with Crippen molar-refractivity contribution in [1.82, 2.24) is 15.1 Å². The molecule has 2 heterocycles. The summed E-state index contributed by atoms with van der Waals surface area (Å²) in [5.41, 5.74) is 0. The summed E-state index contributed by atoms with van der Waals surface area (Å²) in [5.74, 6) is 1.09. The topological polar surface area (TPSA) is 52.7 Å². The van der Waals surface area contributed by atoms with E-state index in [1.54, 1.807) is 11.9 Å². The van der Waals surface area contributed by atoms with Crippen LogP contribution in [0.3, 0.4) is 0 Å². The van der Waals surface area contributed by atoms with Gasteiger partial charge in [-0.25, -0.2) is 0 Å². The Labute approximate surface area is 132 Å². The van der Waals surface area contributed by atoms with Crippen molar-refractivity contribution in [2.45, 2.75) is 38.1 Å². The van der Waals surface area contributed by atoms with Gasteiger partial charge >= 0.3 is 0 Å². The van der Waals surface area contributed by atoms with E-state index >= 15 is 0 Å². The summed E-state index contributed by atoms with van der Waals surface area (Å²) in [6.07, 6.45) is 5.26. The molecular weight excluding hydrogens is 290 g/mol. The molecule has 1 unspecified atom stereocenters. The largest absolute Gasteiger partial charge is 0.345 e. The summed E-state index contributed by atoms with van der Waals surface area (Å²) >= 11 is 0. The highest BCUT2D eigenvalue weighted by molar-refractivity contribution is 5.89. The van der Waals surface area contributed by atoms with Gasteiger partial charge in [0.1, 0.15) is 0 Å². The fourth-order valence-corrected chi connectivity index (χ4v) is 3.25. The molecule has 0 aromatic carbocycles. The Morgan fingerprint density at radius 3 is 2.43 bits per heavy atom. The number of nitrogens with one attached hydrogen (secondary N) is 1. The Morgan fingerprint density at radius 2 is 1.90 bits per heavy atom. The highest BCUT2D eigenvalue weighted by atomic mass is 35.5. The zero-order valence-corrected chi connectivity index (χ0v) is 13.5. The Kier molecular flexibility index (Phi) is 5.49. The SMILES string of the molecule is CN1CC(C(=O)N2CCC(NCC3CC3)CC2)CC1=O.Cl. The minimum atomic E-state index is -0.108. The second-order valence-corrected chi connectivity index (χ2v) is 6.63. The molecule has 0 radical (unpaired) electrons. The van der Waals surface area contributed by atoms with Crippen molar-refractivity contribution in [1.29, 1.82) is 0 Å². The van der Waals surface area contributed by atoms with Gasteiger partial charge in [-0.2, -0.15) is 0 Å². The molecule has 0 bridgehead atoms. The quantitative estimate of drug-likeness (QED) is 0.838. The third-order valence-corrected chi connectivity index (χ3v) is 4.89. The summed E-state index contributed by atoms with van der Waals surface area (Å²) in [7, 11) is 1.78. The van der Waals surface area contributed by atoms with Gasteiger partial charge in [-0.3, -0.25) is 9.59 Å². The van der Waals surface area contributed by atoms with Crippen LogP contribution in [0, 0.1) is 11.8 Å². The van der Waals surface area contributed by atoms with Gasteiger partial charge in [0, 0.05) is 39.1 Å². The third kappa shape index (κ3) is 4.10. The van der Waals surface area contributed by atoms with Crippen molar-refractivity contribution in [3.63, 3.8) is 0 Å². The Hall–Kier alpha value is -0.810. The molecular formula is C15H26ClN3O2. The first-order valence-electron chi connectivity index (χ1n) is 7.89. The molecule has 3 fully saturated rings. The molecule has 1 N–H and O–H groups in total. The number of piperidine rings is 1. The Bertz CT molecular complexity index is 392. The second-order valence-electron chi connectivity index (χ2n) is 6.63. The molecule has 3 rings (SSSR count). The van der Waals surface area contributed by atoms with Crippen molar-refractivity contribution in [2.75, 3.05) is 33.2 Å². The first-order valence-corrected chi connectivity index (χ1v) is 7.89. The van der Waals surface area contributed by atoms with E-state index in [2.05, 4.69) is 5.32 Å². The predicted octanol–water partition coefficient (Wildman–Crippen LogP) is 0.877. The van der Waals surface area contributed by atoms with Crippen LogP contribution in [0.25, 0.3) is 0 Å². The molecule has 1 aliphatic carbocycles. The fourth-order valence-electron chi connectivity index (χ4n) is 3.25. The zero-order valence-electron chi connectivity index (χ0n) is 12.7. The number of likely N-dealkylation sites (tertiary alicyclic amines) is 2. The standard InChI is InChI=1S/C15H25N3O2.ClH/c1-17-10-12(8-14(17)19)15(20)18-6-4-13(5-7-18)16-9-11-2-3-11;/h11-13,16H,2-10H2,1H3;1H. The monoisotopic (exact) mass is 315 g/mol. The number of nitrogens with zero attached hydrogens (tertiary/aromatic N) is 2. The number of halogens is 1. The lowest BCUT2D eigenvalue weighted by atomic mass is 10.0. The molecule has 2 amide bonds. The van der Waals surface area contributed by atoms with E-state index in [-0.39, 0.29) is 30.1 Å². The van der Waals surface area contributed by atoms with Gasteiger partial charge in [0.2, 0.25) is 11.8 Å². The maximum absolute atomic E-state index is 12.4. The van der Waals surface area contributed by atoms with E-state index < -0.39 is 0 Å². The zero-order chi connectivity index (χ0) is 14.1. The van der Waals surface area contributed by atoms with Gasteiger partial charge < -0.3 is 15.1 Å². The minimum absolute atomic E-state index is 0. The van der Waals surface area contributed by atoms with E-state index in [9.17, 15) is 9.59 Å². The van der Waals surface area contributed by atoms with E-state index in [4.69, 9.17) is 0 Å². The van der Waals surface area contributed by atoms with Crippen molar-refractivity contribution >= 4 is 24.2 Å². The number of amides is 2. The van der Waals surface area contributed by atoms with E-state index in [1.807, 2.05) is 4.90 Å². The van der Waals surface area contributed by atoms with Gasteiger partial charge in [-0.15, -0.1) is 12.4 Å². The molecule has 6 heteroatoms. The highest BCUT2D eigenvalue weighted by Crippen LogP contribution is 2.28. The maximum Gasteiger partial charge on any atom is 0.227 e. The van der Waals surface area contributed by atoms with E-state index in [1.165, 1.54) is 12.8 Å². The van der Waals surface area contributed by atoms with E-state index in [0.717, 1.165) is 38.4 Å². The minimum Gasteiger partial charge on any atom is -0.345 e. The van der Waals surface area contributed by atoms with Gasteiger partial charge in [0.25, 0.3) is 0 Å². The molecule has 3 aliphatic rings. The highest BCUT2D eigenvalue weighted by Gasteiger charge is 2.36. The number of hydrogen-bond acceptors (Lipinski definition) is 3. The number of hydrogen-bond donors (Lipinski definition) is 1. The van der Waals surface area contributed by atoms with Crippen LogP contribution in [-0.2, 0) is 9.59 Å². The lowest BCUT2D eigenvalue weighted by Crippen LogP contribution is -2.47. The van der Waals surface area contributed by atoms with Crippen LogP contribution < -0.4 is 5.32 Å². The Balaban J connectivity index is 0.00000161. The Morgan fingerprint density at radius 1 is 1.24 bits per heavy atom. The van der Waals surface area contributed by atoms with Crippen molar-refractivity contribution < 1.29 is 9.59 Å². The molecule has 1 saturated carbocycles. The molecule has 21 heavy (non-hydrogen) atoms. The normalized spacial score (nSPS) is 26.9. The molecule has 0 spiro atoms. The molecule has 1 atom stereocenters. The van der Waals surface area contributed by atoms with Crippen LogP contribution in [0.5, 0.6) is 0 Å². The number of rotatable bonds is 4. The van der Waals surface area contributed by atoms with Crippen LogP contribution in [0.2, 0.25) is 0 Å². The average Bonchev–Trinajstić information content (AvgIpc) is 3.22. The number of carbonyl (C=O) groups excluding carboxylic acids is 2. The lowest BCUT2D eigenvalue weighted by Gasteiger charge is -2.34. The summed E-state index contributed by atoms with van der Waals surface area (Å²) in [6, 6.07) is 0.576. The second kappa shape index (κ2) is 6.97. The molecule has 0 aromatic heterocycles. The van der Waals surface area contributed by atoms with Gasteiger partial charge in [-0.05, 0) is 38.1 Å². The fraction of sp³-hybridized carbons (Fsp3) is 0.867. The van der Waals surface area contributed by atoms with Crippen molar-refractivity contribution in [2.24, 2.45) is 11.8 Å².